The van der Waals surface area contributed by atoms with Gasteiger partial charge in [0, 0.05) is 15.5 Å². The van der Waals surface area contributed by atoms with Gasteiger partial charge in [0.05, 0.1) is 32.0 Å². The molecule has 1 unspecified atom stereocenters. The van der Waals surface area contributed by atoms with E-state index in [2.05, 4.69) is 97.8 Å². The first-order valence-corrected chi connectivity index (χ1v) is 9.02. The second kappa shape index (κ2) is 5.69. The minimum absolute atomic E-state index is 0.134. The normalized spacial score (nSPS) is 18.8. The van der Waals surface area contributed by atoms with Crippen molar-refractivity contribution >= 4 is 91.2 Å². The highest BCUT2D eigenvalue weighted by Crippen LogP contribution is 2.52. The summed E-state index contributed by atoms with van der Waals surface area (Å²) in [5.41, 5.74) is 2.34. The first kappa shape index (κ1) is 14.6. The molecule has 1 aromatic rings. The monoisotopic (exact) mass is 552 g/mol. The number of alkyl halides is 1. The Morgan fingerprint density at radius 1 is 1.24 bits per heavy atom. The molecule has 7 heteroatoms. The number of anilines is 2. The summed E-state index contributed by atoms with van der Waals surface area (Å²) in [5.74, 6) is 0. The maximum absolute atomic E-state index is 3.69. The van der Waals surface area contributed by atoms with E-state index in [0.29, 0.717) is 0 Å². The Bertz CT molecular complexity index is 451. The van der Waals surface area contributed by atoms with Crippen molar-refractivity contribution in [3.8, 4) is 0 Å². The summed E-state index contributed by atoms with van der Waals surface area (Å²) in [6.07, 6.45) is 1.10. The maximum atomic E-state index is 3.69. The van der Waals surface area contributed by atoms with Crippen LogP contribution in [0.5, 0.6) is 0 Å². The van der Waals surface area contributed by atoms with Crippen LogP contribution >= 0.6 is 79.9 Å². The Kier molecular flexibility index (Phi) is 4.89. The molecule has 2 nitrogen and oxygen atoms in total. The van der Waals surface area contributed by atoms with E-state index in [1.54, 1.807) is 0 Å². The molecule has 1 aromatic carbocycles. The highest BCUT2D eigenvalue weighted by atomic mass is 79.9. The number of hydrogen-bond donors (Lipinski definition) is 0. The number of hydrogen-bond acceptors (Lipinski definition) is 2. The Hall–Kier alpha value is 1.22. The fourth-order valence-corrected chi connectivity index (χ4v) is 4.85. The van der Waals surface area contributed by atoms with E-state index < -0.39 is 0 Å². The van der Waals surface area contributed by atoms with Gasteiger partial charge < -0.3 is 4.90 Å². The van der Waals surface area contributed by atoms with Crippen LogP contribution in [0, 0.1) is 0 Å². The Balaban J connectivity index is 2.58. The van der Waals surface area contributed by atoms with E-state index in [1.165, 1.54) is 5.69 Å². The van der Waals surface area contributed by atoms with Gasteiger partial charge in [-0.1, -0.05) is 6.92 Å². The van der Waals surface area contributed by atoms with Gasteiger partial charge >= 0.3 is 0 Å². The summed E-state index contributed by atoms with van der Waals surface area (Å²) >= 11 is 18.1. The average molecular weight is 557 g/mol. The van der Waals surface area contributed by atoms with Crippen molar-refractivity contribution in [3.63, 3.8) is 0 Å². The predicted molar refractivity (Wildman–Crippen MR) is 91.3 cm³/mol. The lowest BCUT2D eigenvalue weighted by atomic mass is 10.2. The van der Waals surface area contributed by atoms with Crippen molar-refractivity contribution in [2.45, 2.75) is 18.4 Å². The van der Waals surface area contributed by atoms with Crippen LogP contribution in [0.2, 0.25) is 0 Å². The zero-order valence-corrected chi connectivity index (χ0v) is 16.8. The van der Waals surface area contributed by atoms with E-state index in [0.717, 1.165) is 32.1 Å². The summed E-state index contributed by atoms with van der Waals surface area (Å²) in [5, 5.41) is 0.134. The molecule has 0 aliphatic carbocycles. The molecule has 0 saturated heterocycles. The van der Waals surface area contributed by atoms with Crippen LogP contribution < -0.4 is 8.83 Å². The minimum atomic E-state index is 0.134. The van der Waals surface area contributed by atoms with Crippen LogP contribution in [0.4, 0.5) is 11.4 Å². The first-order chi connectivity index (χ1) is 7.99. The van der Waals surface area contributed by atoms with Gasteiger partial charge in [-0.2, -0.15) is 0 Å². The van der Waals surface area contributed by atoms with Crippen LogP contribution in [0.25, 0.3) is 0 Å². The zero-order valence-electron chi connectivity index (χ0n) is 8.85. The average Bonchev–Trinajstić information content (AvgIpc) is 2.52. The molecular weight excluding hydrogens is 548 g/mol. The fraction of sp³-hybridized carbons (Fsp3) is 0.400. The van der Waals surface area contributed by atoms with Gasteiger partial charge in [-0.15, -0.1) is 0 Å². The molecule has 17 heavy (non-hydrogen) atoms. The molecule has 0 fully saturated rings. The number of rotatable bonds is 2. The molecule has 0 aromatic heterocycles. The van der Waals surface area contributed by atoms with Crippen molar-refractivity contribution in [1.29, 1.82) is 0 Å². The lowest BCUT2D eigenvalue weighted by molar-refractivity contribution is 0.787. The van der Waals surface area contributed by atoms with Crippen molar-refractivity contribution in [1.82, 2.24) is 0 Å². The fourth-order valence-electron chi connectivity index (χ4n) is 1.81. The van der Waals surface area contributed by atoms with Crippen LogP contribution in [-0.2, 0) is 0 Å². The van der Waals surface area contributed by atoms with Crippen molar-refractivity contribution < 1.29 is 0 Å². The van der Waals surface area contributed by atoms with Gasteiger partial charge in [-0.25, -0.2) is 0 Å². The molecule has 1 heterocycles. The lowest BCUT2D eigenvalue weighted by Gasteiger charge is -2.23. The Labute approximate surface area is 143 Å². The minimum Gasteiger partial charge on any atom is -0.340 e. The van der Waals surface area contributed by atoms with E-state index in [1.807, 2.05) is 3.93 Å². The van der Waals surface area contributed by atoms with Gasteiger partial charge in [0.15, 0.2) is 5.08 Å². The molecule has 1 aliphatic heterocycles. The standard InChI is InChI=1S/C10H9Br5N2/c1-2-3-16-6-4-5(11)7(12)8(13)9(6)17(15)10(16)14/h4,10H,2-3H2,1H3. The van der Waals surface area contributed by atoms with Crippen LogP contribution in [0.1, 0.15) is 13.3 Å². The molecule has 0 spiro atoms. The topological polar surface area (TPSA) is 6.48 Å². The molecule has 2 rings (SSSR count). The van der Waals surface area contributed by atoms with Crippen LogP contribution in [-0.4, -0.2) is 11.6 Å². The first-order valence-electron chi connectivity index (χ1n) is 5.02. The Morgan fingerprint density at radius 3 is 2.47 bits per heavy atom. The summed E-state index contributed by atoms with van der Waals surface area (Å²) < 4.78 is 5.16. The predicted octanol–water partition coefficient (Wildman–Crippen LogP) is 6.00. The second-order valence-corrected chi connectivity index (χ2v) is 7.69. The third-order valence-corrected chi connectivity index (χ3v) is 8.03. The maximum Gasteiger partial charge on any atom is 0.169 e. The molecule has 0 radical (unpaired) electrons. The summed E-state index contributed by atoms with van der Waals surface area (Å²) in [6, 6.07) is 2.13. The van der Waals surface area contributed by atoms with Crippen LogP contribution in [0.15, 0.2) is 19.5 Å². The third-order valence-electron chi connectivity index (χ3n) is 2.55. The molecule has 0 amide bonds. The number of benzene rings is 1. The molecular formula is C10H9Br5N2. The smallest absolute Gasteiger partial charge is 0.169 e. The largest absolute Gasteiger partial charge is 0.340 e. The Morgan fingerprint density at radius 2 is 1.88 bits per heavy atom. The summed E-state index contributed by atoms with van der Waals surface area (Å²) in [6.45, 7) is 3.19. The highest BCUT2D eigenvalue weighted by molar-refractivity contribution is 9.14. The molecule has 94 valence electrons. The lowest BCUT2D eigenvalue weighted by Crippen LogP contribution is -2.33. The van der Waals surface area contributed by atoms with E-state index in [-0.39, 0.29) is 5.08 Å². The zero-order chi connectivity index (χ0) is 12.7. The number of halogens is 5. The molecule has 0 saturated carbocycles. The molecule has 1 aliphatic rings. The SMILES string of the molecule is CCCN1c2cc(Br)c(Br)c(Br)c2N(Br)C1Br. The van der Waals surface area contributed by atoms with Gasteiger partial charge in [0.2, 0.25) is 0 Å². The van der Waals surface area contributed by atoms with Gasteiger partial charge in [0.1, 0.15) is 0 Å². The van der Waals surface area contributed by atoms with Crippen molar-refractivity contribution in [2.24, 2.45) is 0 Å². The number of nitrogens with zero attached hydrogens (tertiary/aromatic N) is 2. The van der Waals surface area contributed by atoms with E-state index in [9.17, 15) is 0 Å². The molecule has 0 N–H and O–H groups in total. The number of fused-ring (bicyclic) bond motifs is 1. The van der Waals surface area contributed by atoms with E-state index >= 15 is 0 Å². The third kappa shape index (κ3) is 2.47. The summed E-state index contributed by atoms with van der Waals surface area (Å²) in [7, 11) is 0. The van der Waals surface area contributed by atoms with Gasteiger partial charge in [-0.3, -0.25) is 3.93 Å². The van der Waals surface area contributed by atoms with Gasteiger partial charge in [-0.05, 0) is 76.2 Å². The quantitative estimate of drug-likeness (QED) is 0.191. The van der Waals surface area contributed by atoms with Gasteiger partial charge in [0.25, 0.3) is 0 Å². The van der Waals surface area contributed by atoms with Crippen molar-refractivity contribution in [2.75, 3.05) is 15.4 Å². The second-order valence-electron chi connectivity index (χ2n) is 3.67. The highest BCUT2D eigenvalue weighted by Gasteiger charge is 2.35. The van der Waals surface area contributed by atoms with Crippen molar-refractivity contribution in [3.05, 3.63) is 19.5 Å². The van der Waals surface area contributed by atoms with Crippen LogP contribution in [0.3, 0.4) is 0 Å². The van der Waals surface area contributed by atoms with E-state index in [4.69, 9.17) is 0 Å². The summed E-state index contributed by atoms with van der Waals surface area (Å²) in [4.78, 5) is 2.31. The molecule has 1 atom stereocenters. The molecule has 0 bridgehead atoms.